The van der Waals surface area contributed by atoms with Crippen molar-refractivity contribution in [2.75, 3.05) is 11.9 Å². The zero-order valence-corrected chi connectivity index (χ0v) is 19.4. The van der Waals surface area contributed by atoms with Crippen molar-refractivity contribution < 1.29 is 8.42 Å². The maximum absolute atomic E-state index is 11.3. The van der Waals surface area contributed by atoms with Crippen LogP contribution in [0.3, 0.4) is 0 Å². The molecule has 0 saturated heterocycles. The molecule has 0 aliphatic rings. The Hall–Kier alpha value is -2.24. The second-order valence-corrected chi connectivity index (χ2v) is 10.5. The number of halogens is 1. The number of primary sulfonamides is 1. The number of anilines is 1. The third kappa shape index (κ3) is 5.72. The summed E-state index contributed by atoms with van der Waals surface area (Å²) in [6, 6.07) is 16.6. The second-order valence-electron chi connectivity index (χ2n) is 6.61. The van der Waals surface area contributed by atoms with Crippen LogP contribution in [-0.2, 0) is 22.2 Å². The van der Waals surface area contributed by atoms with Crippen LogP contribution in [0.1, 0.15) is 11.1 Å². The van der Waals surface area contributed by atoms with E-state index in [2.05, 4.69) is 32.4 Å². The predicted molar refractivity (Wildman–Crippen MR) is 126 cm³/mol. The Morgan fingerprint density at radius 2 is 1.74 bits per heavy atom. The van der Waals surface area contributed by atoms with Gasteiger partial charge in [-0.25, -0.2) is 23.5 Å². The Balaban J connectivity index is 1.39. The average Bonchev–Trinajstić information content (AvgIpc) is 3.16. The first-order valence-corrected chi connectivity index (χ1v) is 13.0. The van der Waals surface area contributed by atoms with E-state index in [1.807, 2.05) is 18.2 Å². The number of thiazole rings is 1. The lowest BCUT2D eigenvalue weighted by Crippen LogP contribution is -2.12. The van der Waals surface area contributed by atoms with E-state index in [4.69, 9.17) is 16.7 Å². The molecule has 0 aliphatic heterocycles. The van der Waals surface area contributed by atoms with Crippen LogP contribution in [0.4, 0.5) is 5.13 Å². The minimum Gasteiger partial charge on any atom is -0.361 e. The molecule has 0 atom stereocenters. The molecule has 0 saturated carbocycles. The van der Waals surface area contributed by atoms with Gasteiger partial charge in [0, 0.05) is 12.3 Å². The van der Waals surface area contributed by atoms with E-state index in [9.17, 15) is 8.42 Å². The summed E-state index contributed by atoms with van der Waals surface area (Å²) in [6.45, 7) is 0.620. The maximum Gasteiger partial charge on any atom is 0.238 e. The van der Waals surface area contributed by atoms with Crippen LogP contribution < -0.4 is 10.5 Å². The minimum absolute atomic E-state index is 0.101. The number of hydrogen-bond acceptors (Lipinski definition) is 8. The van der Waals surface area contributed by atoms with Crippen molar-refractivity contribution in [3.63, 3.8) is 0 Å². The summed E-state index contributed by atoms with van der Waals surface area (Å²) >= 11 is 9.28. The maximum atomic E-state index is 11.3. The van der Waals surface area contributed by atoms with Crippen LogP contribution in [0.15, 0.2) is 64.6 Å². The second kappa shape index (κ2) is 9.49. The molecule has 11 heteroatoms. The van der Waals surface area contributed by atoms with Gasteiger partial charge >= 0.3 is 0 Å². The van der Waals surface area contributed by atoms with Crippen LogP contribution >= 0.6 is 34.7 Å². The number of thioether (sulfide) groups is 1. The molecule has 2 aromatic heterocycles. The SMILES string of the molecule is NS(=O)(=O)c1ccc(CCNc2nc3nc(SCc4ccccc4)nc(Cl)c3s2)cc1. The van der Waals surface area contributed by atoms with E-state index in [1.165, 1.54) is 40.8 Å². The summed E-state index contributed by atoms with van der Waals surface area (Å²) < 4.78 is 23.4. The minimum atomic E-state index is -3.68. The number of fused-ring (bicyclic) bond motifs is 1. The standard InChI is InChI=1S/C20H18ClN5O2S3/c21-17-16-18(26-20(24-17)29-12-14-4-2-1-3-5-14)25-19(30-16)23-11-10-13-6-8-15(9-7-13)31(22,27)28/h1-9H,10-12H2,(H2,22,27,28)(H,23,24,25,26). The van der Waals surface area contributed by atoms with Crippen molar-refractivity contribution in [1.82, 2.24) is 15.0 Å². The van der Waals surface area contributed by atoms with E-state index in [0.717, 1.165) is 16.0 Å². The Morgan fingerprint density at radius 1 is 1.00 bits per heavy atom. The normalized spacial score (nSPS) is 11.7. The van der Waals surface area contributed by atoms with Gasteiger partial charge in [-0.3, -0.25) is 0 Å². The lowest BCUT2D eigenvalue weighted by molar-refractivity contribution is 0.598. The van der Waals surface area contributed by atoms with Crippen molar-refractivity contribution in [3.05, 3.63) is 70.9 Å². The highest BCUT2D eigenvalue weighted by Crippen LogP contribution is 2.32. The molecule has 160 valence electrons. The number of aromatic nitrogens is 3. The highest BCUT2D eigenvalue weighted by molar-refractivity contribution is 7.98. The molecule has 31 heavy (non-hydrogen) atoms. The fourth-order valence-electron chi connectivity index (χ4n) is 2.79. The number of rotatable bonds is 8. The predicted octanol–water partition coefficient (Wildman–Crippen LogP) is 4.33. The topological polar surface area (TPSA) is 111 Å². The van der Waals surface area contributed by atoms with Crippen LogP contribution in [0, 0.1) is 0 Å². The van der Waals surface area contributed by atoms with Gasteiger partial charge in [0.1, 0.15) is 4.70 Å². The number of nitrogens with two attached hydrogens (primary N) is 1. The lowest BCUT2D eigenvalue weighted by Gasteiger charge is -2.04. The molecular weight excluding hydrogens is 474 g/mol. The molecule has 2 heterocycles. The van der Waals surface area contributed by atoms with E-state index in [-0.39, 0.29) is 4.90 Å². The van der Waals surface area contributed by atoms with Gasteiger partial charge in [-0.1, -0.05) is 77.2 Å². The van der Waals surface area contributed by atoms with Gasteiger partial charge < -0.3 is 5.32 Å². The van der Waals surface area contributed by atoms with E-state index >= 15 is 0 Å². The van der Waals surface area contributed by atoms with Gasteiger partial charge in [0.05, 0.1) is 4.90 Å². The van der Waals surface area contributed by atoms with Crippen LogP contribution in [-0.4, -0.2) is 29.9 Å². The molecule has 0 aliphatic carbocycles. The quantitative estimate of drug-likeness (QED) is 0.214. The Kier molecular flexibility index (Phi) is 6.73. The number of hydrogen-bond donors (Lipinski definition) is 2. The molecule has 3 N–H and O–H groups in total. The van der Waals surface area contributed by atoms with Gasteiger partial charge in [-0.05, 0) is 29.7 Å². The van der Waals surface area contributed by atoms with E-state index in [1.54, 1.807) is 12.1 Å². The third-order valence-electron chi connectivity index (χ3n) is 4.34. The highest BCUT2D eigenvalue weighted by atomic mass is 35.5. The van der Waals surface area contributed by atoms with Crippen LogP contribution in [0.25, 0.3) is 10.3 Å². The Labute approximate surface area is 193 Å². The number of nitrogens with one attached hydrogen (secondary N) is 1. The van der Waals surface area contributed by atoms with Crippen molar-refractivity contribution in [3.8, 4) is 0 Å². The molecule has 4 aromatic rings. The molecule has 7 nitrogen and oxygen atoms in total. The number of nitrogens with zero attached hydrogens (tertiary/aromatic N) is 3. The lowest BCUT2D eigenvalue weighted by atomic mass is 10.1. The summed E-state index contributed by atoms with van der Waals surface area (Å²) in [4.78, 5) is 13.5. The average molecular weight is 492 g/mol. The first-order valence-electron chi connectivity index (χ1n) is 9.25. The Bertz CT molecular complexity index is 1300. The smallest absolute Gasteiger partial charge is 0.238 e. The molecule has 0 bridgehead atoms. The van der Waals surface area contributed by atoms with Gasteiger partial charge in [-0.2, -0.15) is 4.98 Å². The fraction of sp³-hybridized carbons (Fsp3) is 0.150. The summed E-state index contributed by atoms with van der Waals surface area (Å²) in [5, 5.41) is 10.1. The van der Waals surface area contributed by atoms with Crippen molar-refractivity contribution in [2.45, 2.75) is 22.2 Å². The monoisotopic (exact) mass is 491 g/mol. The summed E-state index contributed by atoms with van der Waals surface area (Å²) in [7, 11) is -3.68. The van der Waals surface area contributed by atoms with E-state index < -0.39 is 10.0 Å². The number of sulfonamides is 1. The molecule has 4 rings (SSSR count). The van der Waals surface area contributed by atoms with Crippen LogP contribution in [0.5, 0.6) is 0 Å². The van der Waals surface area contributed by atoms with Crippen LogP contribution in [0.2, 0.25) is 5.15 Å². The zero-order valence-electron chi connectivity index (χ0n) is 16.2. The molecule has 0 radical (unpaired) electrons. The van der Waals surface area contributed by atoms with Gasteiger partial charge in [-0.15, -0.1) is 0 Å². The fourth-order valence-corrected chi connectivity index (χ4v) is 5.25. The van der Waals surface area contributed by atoms with E-state index in [0.29, 0.717) is 34.1 Å². The molecule has 0 unspecified atom stereocenters. The Morgan fingerprint density at radius 3 is 2.45 bits per heavy atom. The molecule has 0 fully saturated rings. The van der Waals surface area contributed by atoms with Crippen molar-refractivity contribution >= 4 is 60.2 Å². The molecule has 2 aromatic carbocycles. The summed E-state index contributed by atoms with van der Waals surface area (Å²) in [5.74, 6) is 0.752. The van der Waals surface area contributed by atoms with Gasteiger partial charge in [0.2, 0.25) is 10.0 Å². The number of benzene rings is 2. The molecule has 0 amide bonds. The highest BCUT2D eigenvalue weighted by Gasteiger charge is 2.13. The largest absolute Gasteiger partial charge is 0.361 e. The van der Waals surface area contributed by atoms with Crippen molar-refractivity contribution in [2.24, 2.45) is 5.14 Å². The molecular formula is C20H18ClN5O2S3. The van der Waals surface area contributed by atoms with Gasteiger partial charge in [0.15, 0.2) is 21.1 Å². The zero-order chi connectivity index (χ0) is 21.8. The summed E-state index contributed by atoms with van der Waals surface area (Å²) in [6.07, 6.45) is 0.693. The third-order valence-corrected chi connectivity index (χ3v) is 7.59. The van der Waals surface area contributed by atoms with Gasteiger partial charge in [0.25, 0.3) is 0 Å². The summed E-state index contributed by atoms with van der Waals surface area (Å²) in [5.41, 5.74) is 2.74. The first-order chi connectivity index (χ1) is 14.9. The van der Waals surface area contributed by atoms with Crippen molar-refractivity contribution in [1.29, 1.82) is 0 Å². The first kappa shape index (κ1) is 22.0. The molecule has 0 spiro atoms.